The van der Waals surface area contributed by atoms with Gasteiger partial charge in [0.1, 0.15) is 6.10 Å². The van der Waals surface area contributed by atoms with E-state index >= 15 is 0 Å². The van der Waals surface area contributed by atoms with Gasteiger partial charge in [-0.2, -0.15) is 15.8 Å². The molecule has 0 radical (unpaired) electrons. The molecule has 6 nitrogen and oxygen atoms in total. The highest BCUT2D eigenvalue weighted by Gasteiger charge is 2.80. The van der Waals surface area contributed by atoms with Gasteiger partial charge in [-0.05, 0) is 0 Å². The van der Waals surface area contributed by atoms with Crippen molar-refractivity contribution < 1.29 is 31.4 Å². The van der Waals surface area contributed by atoms with E-state index in [0.29, 0.717) is 0 Å². The SMILES string of the molecule is CC1C2(c3ccccc3)OC(=N)C1(C#N)C(C#N)(C#N)C(c1c(F)c(F)c(F)c(F)c1F)O2. The van der Waals surface area contributed by atoms with Crippen molar-refractivity contribution >= 4 is 5.90 Å². The van der Waals surface area contributed by atoms with Crippen LogP contribution < -0.4 is 0 Å². The van der Waals surface area contributed by atoms with E-state index in [1.165, 1.54) is 43.3 Å². The van der Waals surface area contributed by atoms with Crippen molar-refractivity contribution in [2.75, 3.05) is 0 Å². The molecule has 0 aromatic heterocycles. The number of benzene rings is 2. The van der Waals surface area contributed by atoms with Gasteiger partial charge in [0, 0.05) is 5.56 Å². The summed E-state index contributed by atoms with van der Waals surface area (Å²) in [5.41, 5.74) is -6.86. The van der Waals surface area contributed by atoms with Gasteiger partial charge in [-0.3, -0.25) is 5.41 Å². The van der Waals surface area contributed by atoms with Crippen molar-refractivity contribution in [3.63, 3.8) is 0 Å². The van der Waals surface area contributed by atoms with Crippen molar-refractivity contribution in [1.82, 2.24) is 0 Å². The summed E-state index contributed by atoms with van der Waals surface area (Å²) in [6, 6.07) is 12.1. The quantitative estimate of drug-likeness (QED) is 0.405. The van der Waals surface area contributed by atoms with Crippen LogP contribution in [0.2, 0.25) is 0 Å². The van der Waals surface area contributed by atoms with E-state index in [-0.39, 0.29) is 5.56 Å². The van der Waals surface area contributed by atoms with Crippen LogP contribution in [-0.2, 0) is 15.3 Å². The molecule has 2 aliphatic heterocycles. The number of rotatable bonds is 2. The lowest BCUT2D eigenvalue weighted by atomic mass is 9.53. The lowest BCUT2D eigenvalue weighted by molar-refractivity contribution is -0.289. The average Bonchev–Trinajstić information content (AvgIpc) is 2.99. The molecule has 0 saturated carbocycles. The van der Waals surface area contributed by atoms with Crippen LogP contribution in [-0.4, -0.2) is 5.90 Å². The van der Waals surface area contributed by atoms with Crippen LogP contribution in [0.5, 0.6) is 0 Å². The third kappa shape index (κ3) is 2.33. The highest BCUT2D eigenvalue weighted by Crippen LogP contribution is 2.69. The maximum absolute atomic E-state index is 14.8. The van der Waals surface area contributed by atoms with Crippen LogP contribution in [0.4, 0.5) is 22.0 Å². The first kappa shape index (κ1) is 22.2. The van der Waals surface area contributed by atoms with Gasteiger partial charge in [0.15, 0.2) is 28.7 Å². The third-order valence-electron chi connectivity index (χ3n) is 6.35. The summed E-state index contributed by atoms with van der Waals surface area (Å²) in [6.07, 6.45) is -2.49. The van der Waals surface area contributed by atoms with Crippen LogP contribution >= 0.6 is 0 Å². The summed E-state index contributed by atoms with van der Waals surface area (Å²) in [5, 5.41) is 38.4. The van der Waals surface area contributed by atoms with Crippen molar-refractivity contribution in [2.24, 2.45) is 16.7 Å². The van der Waals surface area contributed by atoms with E-state index < -0.39 is 69.2 Å². The first-order valence-electron chi connectivity index (χ1n) is 9.36. The average molecular weight is 458 g/mol. The van der Waals surface area contributed by atoms with Gasteiger partial charge in [-0.1, -0.05) is 37.3 Å². The molecule has 2 fully saturated rings. The minimum atomic E-state index is -2.91. The smallest absolute Gasteiger partial charge is 0.244 e. The fraction of sp³-hybridized carbons (Fsp3) is 0.273. The maximum atomic E-state index is 14.8. The van der Waals surface area contributed by atoms with Crippen LogP contribution in [0.3, 0.4) is 0 Å². The number of fused-ring (bicyclic) bond motifs is 2. The molecule has 166 valence electrons. The minimum absolute atomic E-state index is 0.137. The molecule has 4 unspecified atom stereocenters. The Morgan fingerprint density at radius 3 is 1.85 bits per heavy atom. The van der Waals surface area contributed by atoms with Gasteiger partial charge >= 0.3 is 0 Å². The topological polar surface area (TPSA) is 114 Å². The molecule has 0 amide bonds. The molecule has 33 heavy (non-hydrogen) atoms. The van der Waals surface area contributed by atoms with E-state index in [1.54, 1.807) is 12.1 Å². The second-order valence-corrected chi connectivity index (χ2v) is 7.62. The first-order chi connectivity index (χ1) is 15.6. The molecule has 2 aromatic carbocycles. The summed E-state index contributed by atoms with van der Waals surface area (Å²) in [5.74, 6) is -16.1. The number of hydrogen-bond donors (Lipinski definition) is 1. The van der Waals surface area contributed by atoms with Gasteiger partial charge in [0.05, 0.1) is 29.7 Å². The fourth-order valence-corrected chi connectivity index (χ4v) is 4.65. The van der Waals surface area contributed by atoms with E-state index in [9.17, 15) is 37.7 Å². The zero-order chi connectivity index (χ0) is 24.3. The standard InChI is InChI=1S/C22H11F5N4O2/c1-10-21(9-30)19(31)33-22(10,11-5-3-2-4-6-11)32-18(20(21,7-28)8-29)12-13(23)15(25)17(27)16(26)14(12)24/h2-6,10,18,31H,1H3. The molecule has 2 aliphatic rings. The van der Waals surface area contributed by atoms with E-state index in [1.807, 2.05) is 0 Å². The number of hydrogen-bond acceptors (Lipinski definition) is 6. The zero-order valence-electron chi connectivity index (χ0n) is 16.6. The summed E-state index contributed by atoms with van der Waals surface area (Å²) in [4.78, 5) is 0. The molecule has 4 rings (SSSR count). The molecule has 2 aromatic rings. The monoisotopic (exact) mass is 458 g/mol. The van der Waals surface area contributed by atoms with Crippen molar-refractivity contribution in [3.8, 4) is 18.2 Å². The molecule has 0 spiro atoms. The van der Waals surface area contributed by atoms with Crippen LogP contribution in [0, 0.1) is 85.2 Å². The zero-order valence-corrected chi connectivity index (χ0v) is 16.6. The lowest BCUT2D eigenvalue weighted by Crippen LogP contribution is -2.57. The van der Waals surface area contributed by atoms with Gasteiger partial charge < -0.3 is 9.47 Å². The molecule has 4 atom stereocenters. The Morgan fingerprint density at radius 1 is 0.848 bits per heavy atom. The van der Waals surface area contributed by atoms with E-state index in [4.69, 9.17) is 14.9 Å². The Labute approximate surface area is 183 Å². The molecule has 11 heteroatoms. The highest BCUT2D eigenvalue weighted by molar-refractivity contribution is 5.89. The Kier molecular flexibility index (Phi) is 4.70. The number of nitriles is 3. The number of nitrogens with zero attached hydrogens (tertiary/aromatic N) is 3. The number of nitrogens with one attached hydrogen (secondary N) is 1. The molecule has 1 N–H and O–H groups in total. The molecule has 0 aliphatic carbocycles. The Hall–Kier alpha value is -4.01. The fourth-order valence-electron chi connectivity index (χ4n) is 4.65. The van der Waals surface area contributed by atoms with Crippen molar-refractivity contribution in [2.45, 2.75) is 18.8 Å². The van der Waals surface area contributed by atoms with Crippen LogP contribution in [0.25, 0.3) is 0 Å². The lowest BCUT2D eigenvalue weighted by Gasteiger charge is -2.48. The summed E-state index contributed by atoms with van der Waals surface area (Å²) < 4.78 is 82.8. The third-order valence-corrected chi connectivity index (χ3v) is 6.35. The Bertz CT molecular complexity index is 1290. The van der Waals surface area contributed by atoms with Gasteiger partial charge in [0.25, 0.3) is 0 Å². The summed E-state index contributed by atoms with van der Waals surface area (Å²) >= 11 is 0. The second kappa shape index (κ2) is 6.99. The summed E-state index contributed by atoms with van der Waals surface area (Å²) in [6.45, 7) is 1.33. The number of halogens is 5. The van der Waals surface area contributed by atoms with Gasteiger partial charge in [-0.15, -0.1) is 0 Å². The Balaban J connectivity index is 2.14. The predicted octanol–water partition coefficient (Wildman–Crippen LogP) is 4.49. The molecular formula is C22H11F5N4O2. The largest absolute Gasteiger partial charge is 0.443 e. The van der Waals surface area contributed by atoms with E-state index in [2.05, 4.69) is 0 Å². The highest BCUT2D eigenvalue weighted by atomic mass is 19.2. The van der Waals surface area contributed by atoms with Gasteiger partial charge in [0.2, 0.25) is 22.9 Å². The van der Waals surface area contributed by atoms with E-state index in [0.717, 1.165) is 0 Å². The molecular weight excluding hydrogens is 447 g/mol. The van der Waals surface area contributed by atoms with Gasteiger partial charge in [-0.25, -0.2) is 22.0 Å². The summed E-state index contributed by atoms with van der Waals surface area (Å²) in [7, 11) is 0. The van der Waals surface area contributed by atoms with Crippen molar-refractivity contribution in [3.05, 3.63) is 70.5 Å². The molecule has 2 heterocycles. The Morgan fingerprint density at radius 2 is 1.36 bits per heavy atom. The predicted molar refractivity (Wildman–Crippen MR) is 97.9 cm³/mol. The molecule has 2 bridgehead atoms. The second-order valence-electron chi connectivity index (χ2n) is 7.62. The van der Waals surface area contributed by atoms with Crippen LogP contribution in [0.15, 0.2) is 30.3 Å². The van der Waals surface area contributed by atoms with Crippen LogP contribution in [0.1, 0.15) is 24.2 Å². The maximum Gasteiger partial charge on any atom is 0.244 e. The minimum Gasteiger partial charge on any atom is -0.443 e. The normalized spacial score (nSPS) is 29.5. The number of ether oxygens (including phenoxy) is 2. The first-order valence-corrected chi connectivity index (χ1v) is 9.36. The van der Waals surface area contributed by atoms with Crippen molar-refractivity contribution in [1.29, 1.82) is 21.2 Å². The molecule has 2 saturated heterocycles.